The molecule has 1 aromatic carbocycles. The Morgan fingerprint density at radius 2 is 2.16 bits per heavy atom. The Morgan fingerprint density at radius 1 is 1.42 bits per heavy atom. The Kier molecular flexibility index (Phi) is 4.58. The van der Waals surface area contributed by atoms with Crippen LogP contribution in [0.5, 0.6) is 0 Å². The number of hydrogen-bond acceptors (Lipinski definition) is 2. The molecule has 0 aliphatic rings. The Hall–Kier alpha value is -0.940. The Bertz CT molecular complexity index is 598. The fourth-order valence-corrected chi connectivity index (χ4v) is 3.22. The predicted octanol–water partition coefficient (Wildman–Crippen LogP) is 4.19. The number of thiophene rings is 1. The number of amides is 1. The highest BCUT2D eigenvalue weighted by atomic mass is 79.9. The van der Waals surface area contributed by atoms with E-state index in [1.165, 1.54) is 23.5 Å². The molecular formula is C14H15BrFNOS. The number of benzene rings is 1. The third-order valence-electron chi connectivity index (χ3n) is 3.16. The number of nitrogens with one attached hydrogen (secondary N) is 1. The number of alkyl halides is 1. The first kappa shape index (κ1) is 14.5. The van der Waals surface area contributed by atoms with E-state index in [4.69, 9.17) is 0 Å². The van der Waals surface area contributed by atoms with Gasteiger partial charge in [-0.05, 0) is 36.4 Å². The van der Waals surface area contributed by atoms with Gasteiger partial charge in [0.1, 0.15) is 5.82 Å². The van der Waals surface area contributed by atoms with E-state index >= 15 is 0 Å². The van der Waals surface area contributed by atoms with E-state index in [0.29, 0.717) is 10.8 Å². The fourth-order valence-electron chi connectivity index (χ4n) is 1.67. The Labute approximate surface area is 124 Å². The van der Waals surface area contributed by atoms with E-state index in [-0.39, 0.29) is 17.8 Å². The van der Waals surface area contributed by atoms with Crippen molar-refractivity contribution in [1.82, 2.24) is 5.32 Å². The topological polar surface area (TPSA) is 29.1 Å². The van der Waals surface area contributed by atoms with Gasteiger partial charge < -0.3 is 5.32 Å². The smallest absolute Gasteiger partial charge is 0.261 e. The molecule has 1 amide bonds. The molecule has 0 spiro atoms. The highest BCUT2D eigenvalue weighted by Gasteiger charge is 2.16. The summed E-state index contributed by atoms with van der Waals surface area (Å²) >= 11 is 4.72. The van der Waals surface area contributed by atoms with Gasteiger partial charge in [-0.15, -0.1) is 11.3 Å². The molecule has 102 valence electrons. The molecule has 0 aliphatic carbocycles. The van der Waals surface area contributed by atoms with Gasteiger partial charge in [-0.3, -0.25) is 4.79 Å². The molecule has 1 N–H and O–H groups in total. The zero-order chi connectivity index (χ0) is 14.0. The van der Waals surface area contributed by atoms with Crippen molar-refractivity contribution in [2.75, 3.05) is 5.33 Å². The average Bonchev–Trinajstić information content (AvgIpc) is 2.80. The maximum atomic E-state index is 13.1. The van der Waals surface area contributed by atoms with Gasteiger partial charge in [0.25, 0.3) is 5.91 Å². The Morgan fingerprint density at radius 3 is 2.84 bits per heavy atom. The summed E-state index contributed by atoms with van der Waals surface area (Å²) in [5.74, 6) is -0.0136. The molecule has 19 heavy (non-hydrogen) atoms. The van der Waals surface area contributed by atoms with Gasteiger partial charge in [0, 0.05) is 16.1 Å². The third-order valence-corrected chi connectivity index (χ3v) is 5.28. The van der Waals surface area contributed by atoms with E-state index in [9.17, 15) is 9.18 Å². The maximum absolute atomic E-state index is 13.1. The zero-order valence-corrected chi connectivity index (χ0v) is 13.1. The van der Waals surface area contributed by atoms with Crippen molar-refractivity contribution in [3.05, 3.63) is 35.0 Å². The Balaban J connectivity index is 2.17. The molecule has 2 rings (SSSR count). The van der Waals surface area contributed by atoms with Crippen molar-refractivity contribution in [2.24, 2.45) is 5.92 Å². The normalized spacial score (nSPS) is 14.3. The quantitative estimate of drug-likeness (QED) is 0.828. The molecule has 5 heteroatoms. The average molecular weight is 344 g/mol. The second-order valence-electron chi connectivity index (χ2n) is 4.69. The van der Waals surface area contributed by atoms with E-state index in [0.717, 1.165) is 15.4 Å². The van der Waals surface area contributed by atoms with Gasteiger partial charge in [0.05, 0.1) is 4.88 Å². The van der Waals surface area contributed by atoms with Gasteiger partial charge in [0.2, 0.25) is 0 Å². The van der Waals surface area contributed by atoms with Crippen LogP contribution in [0.3, 0.4) is 0 Å². The fraction of sp³-hybridized carbons (Fsp3) is 0.357. The molecule has 0 radical (unpaired) electrons. The maximum Gasteiger partial charge on any atom is 0.261 e. The summed E-state index contributed by atoms with van der Waals surface area (Å²) in [6, 6.07) is 6.46. The summed E-state index contributed by atoms with van der Waals surface area (Å²) in [6.45, 7) is 4.05. The molecule has 2 unspecified atom stereocenters. The van der Waals surface area contributed by atoms with Crippen molar-refractivity contribution in [3.63, 3.8) is 0 Å². The van der Waals surface area contributed by atoms with Gasteiger partial charge in [0.15, 0.2) is 0 Å². The first-order chi connectivity index (χ1) is 9.01. The van der Waals surface area contributed by atoms with Crippen LogP contribution in [0.1, 0.15) is 23.5 Å². The molecule has 2 aromatic rings. The van der Waals surface area contributed by atoms with Crippen molar-refractivity contribution in [3.8, 4) is 0 Å². The lowest BCUT2D eigenvalue weighted by Crippen LogP contribution is -2.37. The number of hydrogen-bond donors (Lipinski definition) is 1. The molecule has 2 atom stereocenters. The summed E-state index contributed by atoms with van der Waals surface area (Å²) in [4.78, 5) is 12.7. The van der Waals surface area contributed by atoms with Crippen LogP contribution >= 0.6 is 27.3 Å². The minimum Gasteiger partial charge on any atom is -0.349 e. The van der Waals surface area contributed by atoms with Gasteiger partial charge in [-0.25, -0.2) is 4.39 Å². The highest BCUT2D eigenvalue weighted by Crippen LogP contribution is 2.26. The summed E-state index contributed by atoms with van der Waals surface area (Å²) in [5, 5.41) is 4.71. The standard InChI is InChI=1S/C14H15BrFNOS/c1-8(7-15)9(2)17-14(18)13-5-10-3-4-11(16)6-12(10)19-13/h3-6,8-9H,7H2,1-2H3,(H,17,18). The van der Waals surface area contributed by atoms with Gasteiger partial charge >= 0.3 is 0 Å². The van der Waals surface area contributed by atoms with Crippen LogP contribution in [0.25, 0.3) is 10.1 Å². The summed E-state index contributed by atoms with van der Waals surface area (Å²) < 4.78 is 13.9. The minimum atomic E-state index is -0.275. The molecule has 0 aliphatic heterocycles. The molecule has 2 nitrogen and oxygen atoms in total. The molecule has 0 saturated heterocycles. The second kappa shape index (κ2) is 6.01. The third kappa shape index (κ3) is 3.34. The summed E-state index contributed by atoms with van der Waals surface area (Å²) in [5.41, 5.74) is 0. The van der Waals surface area contributed by atoms with Crippen molar-refractivity contribution in [2.45, 2.75) is 19.9 Å². The number of rotatable bonds is 4. The lowest BCUT2D eigenvalue weighted by Gasteiger charge is -2.18. The van der Waals surface area contributed by atoms with Crippen molar-refractivity contribution < 1.29 is 9.18 Å². The van der Waals surface area contributed by atoms with Crippen molar-refractivity contribution in [1.29, 1.82) is 0 Å². The molecular weight excluding hydrogens is 329 g/mol. The number of fused-ring (bicyclic) bond motifs is 1. The van der Waals surface area contributed by atoms with Crippen LogP contribution in [0, 0.1) is 11.7 Å². The van der Waals surface area contributed by atoms with Gasteiger partial charge in [-0.1, -0.05) is 28.9 Å². The van der Waals surface area contributed by atoms with E-state index in [1.807, 2.05) is 6.92 Å². The van der Waals surface area contributed by atoms with Crippen LogP contribution in [0.15, 0.2) is 24.3 Å². The second-order valence-corrected chi connectivity index (χ2v) is 6.42. The van der Waals surface area contributed by atoms with E-state index < -0.39 is 0 Å². The number of carbonyl (C=O) groups excluding carboxylic acids is 1. The molecule has 1 aromatic heterocycles. The molecule has 0 bridgehead atoms. The SMILES string of the molecule is CC(CBr)C(C)NC(=O)c1cc2ccc(F)cc2s1. The van der Waals surface area contributed by atoms with Crippen LogP contribution in [-0.4, -0.2) is 17.3 Å². The minimum absolute atomic E-state index is 0.0915. The lowest BCUT2D eigenvalue weighted by molar-refractivity contribution is 0.0935. The van der Waals surface area contributed by atoms with Crippen LogP contribution in [0.4, 0.5) is 4.39 Å². The number of halogens is 2. The van der Waals surface area contributed by atoms with Crippen LogP contribution in [0.2, 0.25) is 0 Å². The molecule has 0 fully saturated rings. The lowest BCUT2D eigenvalue weighted by atomic mass is 10.1. The summed E-state index contributed by atoms with van der Waals surface area (Å²) in [7, 11) is 0. The zero-order valence-electron chi connectivity index (χ0n) is 10.7. The van der Waals surface area contributed by atoms with Crippen LogP contribution in [-0.2, 0) is 0 Å². The first-order valence-corrected chi connectivity index (χ1v) is 8.01. The molecule has 0 saturated carbocycles. The number of carbonyl (C=O) groups is 1. The van der Waals surface area contributed by atoms with Crippen molar-refractivity contribution >= 4 is 43.3 Å². The highest BCUT2D eigenvalue weighted by molar-refractivity contribution is 9.09. The summed E-state index contributed by atoms with van der Waals surface area (Å²) in [6.07, 6.45) is 0. The molecule has 1 heterocycles. The van der Waals surface area contributed by atoms with Gasteiger partial charge in [-0.2, -0.15) is 0 Å². The predicted molar refractivity (Wildman–Crippen MR) is 81.7 cm³/mol. The monoisotopic (exact) mass is 343 g/mol. The van der Waals surface area contributed by atoms with E-state index in [1.54, 1.807) is 12.1 Å². The van der Waals surface area contributed by atoms with Crippen LogP contribution < -0.4 is 5.32 Å². The first-order valence-electron chi connectivity index (χ1n) is 6.07. The van der Waals surface area contributed by atoms with E-state index in [2.05, 4.69) is 28.2 Å². The largest absolute Gasteiger partial charge is 0.349 e.